The molecule has 6 heteroatoms. The van der Waals surface area contributed by atoms with Crippen molar-refractivity contribution in [1.82, 2.24) is 14.4 Å². The summed E-state index contributed by atoms with van der Waals surface area (Å²) in [6.07, 6.45) is 9.74. The molecule has 0 spiro atoms. The molecule has 0 unspecified atom stereocenters. The van der Waals surface area contributed by atoms with Gasteiger partial charge >= 0.3 is 0 Å². The molecule has 0 aliphatic rings. The van der Waals surface area contributed by atoms with Crippen LogP contribution in [0.25, 0.3) is 16.9 Å². The highest BCUT2D eigenvalue weighted by atomic mass is 16.5. The molecule has 0 saturated carbocycles. The van der Waals surface area contributed by atoms with Crippen LogP contribution in [0.15, 0.2) is 110 Å². The summed E-state index contributed by atoms with van der Waals surface area (Å²) in [5.41, 5.74) is 8.96. The van der Waals surface area contributed by atoms with E-state index in [9.17, 15) is 4.79 Å². The second kappa shape index (κ2) is 17.4. The summed E-state index contributed by atoms with van der Waals surface area (Å²) in [4.78, 5) is 22.8. The van der Waals surface area contributed by atoms with Crippen molar-refractivity contribution < 1.29 is 14.3 Å². The molecule has 2 aromatic heterocycles. The van der Waals surface area contributed by atoms with Crippen LogP contribution in [0.1, 0.15) is 93.8 Å². The fraction of sp³-hybridized carbons (Fsp3) is 0.326. The first-order valence-corrected chi connectivity index (χ1v) is 17.7. The van der Waals surface area contributed by atoms with E-state index in [4.69, 9.17) is 19.4 Å². The van der Waals surface area contributed by atoms with Gasteiger partial charge in [0, 0.05) is 43.9 Å². The quantitative estimate of drug-likeness (QED) is 0.0654. The molecular weight excluding hydrogens is 606 g/mol. The number of nitrogens with zero attached hydrogens (tertiary/aromatic N) is 3. The van der Waals surface area contributed by atoms with E-state index in [1.165, 1.54) is 11.1 Å². The summed E-state index contributed by atoms with van der Waals surface area (Å²) >= 11 is 0. The second-order valence-electron chi connectivity index (χ2n) is 12.8. The predicted molar refractivity (Wildman–Crippen MR) is 199 cm³/mol. The minimum Gasteiger partial charge on any atom is -0.477 e. The fourth-order valence-corrected chi connectivity index (χ4v) is 6.00. The van der Waals surface area contributed by atoms with E-state index in [1.54, 1.807) is 0 Å². The molecule has 0 bridgehead atoms. The maximum absolute atomic E-state index is 12.5. The summed E-state index contributed by atoms with van der Waals surface area (Å²) in [5, 5.41) is 0. The molecule has 6 nitrogen and oxygen atoms in total. The minimum absolute atomic E-state index is 0.201. The summed E-state index contributed by atoms with van der Waals surface area (Å²) in [6.45, 7) is 14.9. The van der Waals surface area contributed by atoms with Crippen molar-refractivity contribution >= 4 is 11.4 Å². The van der Waals surface area contributed by atoms with Gasteiger partial charge in [0.15, 0.2) is 5.65 Å². The van der Waals surface area contributed by atoms with Crippen molar-refractivity contribution in [3.05, 3.63) is 138 Å². The van der Waals surface area contributed by atoms with E-state index in [-0.39, 0.29) is 12.4 Å². The number of carbonyl (C=O) groups is 1. The molecule has 0 atom stereocenters. The van der Waals surface area contributed by atoms with Gasteiger partial charge in [-0.15, -0.1) is 0 Å². The Balaban J connectivity index is 1.54. The molecule has 0 fully saturated rings. The zero-order valence-electron chi connectivity index (χ0n) is 29.3. The van der Waals surface area contributed by atoms with Crippen LogP contribution in [0.5, 0.6) is 11.6 Å². The van der Waals surface area contributed by atoms with Crippen molar-refractivity contribution in [1.29, 1.82) is 0 Å². The van der Waals surface area contributed by atoms with Gasteiger partial charge in [-0.3, -0.25) is 9.20 Å². The van der Waals surface area contributed by atoms with Gasteiger partial charge in [-0.05, 0) is 54.5 Å². The number of allylic oxidation sites excluding steroid dienone is 2. The van der Waals surface area contributed by atoms with Crippen LogP contribution in [-0.2, 0) is 24.1 Å². The largest absolute Gasteiger partial charge is 0.477 e. The fourth-order valence-electron chi connectivity index (χ4n) is 6.00. The first-order valence-electron chi connectivity index (χ1n) is 17.7. The third-order valence-corrected chi connectivity index (χ3v) is 8.46. The molecule has 5 aromatic rings. The molecule has 2 heterocycles. The van der Waals surface area contributed by atoms with Gasteiger partial charge in [0.05, 0.1) is 23.8 Å². The van der Waals surface area contributed by atoms with Crippen molar-refractivity contribution in [2.45, 2.75) is 85.0 Å². The number of hydrogen-bond donors (Lipinski definition) is 0. The van der Waals surface area contributed by atoms with Gasteiger partial charge in [0.1, 0.15) is 17.2 Å². The van der Waals surface area contributed by atoms with Crippen LogP contribution in [0.4, 0.5) is 0 Å². The standard InChI is InChI=1S/C43H49N3O3/c1-6-12-31(4)27-34-17-21-36(22-18-34)41-30-46-42(39(44-41)28-33-15-10-9-11-16-33)45-40(43(46)48-26-25-37(47)14-8-3)29-35-19-23-38(24-20-35)49-32(5)13-7-2/h9-11,15-24,30H,4-8,12-14,25-29H2,1-3H3. The van der Waals surface area contributed by atoms with E-state index in [2.05, 4.69) is 75.5 Å². The first-order chi connectivity index (χ1) is 23.9. The summed E-state index contributed by atoms with van der Waals surface area (Å²) in [7, 11) is 0. The number of carbonyl (C=O) groups excluding carboxylic acids is 1. The van der Waals surface area contributed by atoms with Crippen LogP contribution in [0.2, 0.25) is 0 Å². The normalized spacial score (nSPS) is 11.1. The molecule has 0 amide bonds. The van der Waals surface area contributed by atoms with E-state index in [0.717, 1.165) is 89.5 Å². The Bertz CT molecular complexity index is 1860. The molecule has 0 aliphatic heterocycles. The number of imidazole rings is 1. The van der Waals surface area contributed by atoms with E-state index in [0.29, 0.717) is 31.6 Å². The first kappa shape index (κ1) is 35.3. The molecule has 254 valence electrons. The maximum atomic E-state index is 12.5. The molecule has 0 radical (unpaired) electrons. The molecule has 0 N–H and O–H groups in total. The molecule has 0 aliphatic carbocycles. The molecule has 5 rings (SSSR count). The van der Waals surface area contributed by atoms with Crippen LogP contribution in [0, 0.1) is 0 Å². The highest BCUT2D eigenvalue weighted by Gasteiger charge is 2.20. The highest BCUT2D eigenvalue weighted by Crippen LogP contribution is 2.30. The van der Waals surface area contributed by atoms with E-state index in [1.807, 2.05) is 47.9 Å². The van der Waals surface area contributed by atoms with Crippen LogP contribution >= 0.6 is 0 Å². The van der Waals surface area contributed by atoms with E-state index >= 15 is 0 Å². The Morgan fingerprint density at radius 2 is 1.37 bits per heavy atom. The number of benzene rings is 3. The van der Waals surface area contributed by atoms with Crippen LogP contribution < -0.4 is 9.47 Å². The summed E-state index contributed by atoms with van der Waals surface area (Å²) < 4.78 is 14.4. The minimum atomic E-state index is 0.201. The number of Topliss-reactive ketones (excluding diaryl/α,β-unsaturated/α-hetero) is 1. The van der Waals surface area contributed by atoms with Gasteiger partial charge in [-0.25, -0.2) is 9.97 Å². The van der Waals surface area contributed by atoms with Crippen molar-refractivity contribution in [3.8, 4) is 22.9 Å². The van der Waals surface area contributed by atoms with Gasteiger partial charge < -0.3 is 9.47 Å². The third kappa shape index (κ3) is 9.79. The SMILES string of the molecule is C=C(CCC)Cc1ccc(-c2cn3c(OCCC(=O)CCC)c(Cc4ccc(OC(=C)CCC)cc4)nc3c(Cc3ccccc3)n2)cc1. The highest BCUT2D eigenvalue weighted by molar-refractivity contribution is 5.78. The van der Waals surface area contributed by atoms with E-state index < -0.39 is 0 Å². The topological polar surface area (TPSA) is 65.7 Å². The Kier molecular flexibility index (Phi) is 12.6. The monoisotopic (exact) mass is 655 g/mol. The number of aromatic nitrogens is 3. The summed E-state index contributed by atoms with van der Waals surface area (Å²) in [5.74, 6) is 2.37. The zero-order valence-corrected chi connectivity index (χ0v) is 29.3. The maximum Gasteiger partial charge on any atom is 0.222 e. The lowest BCUT2D eigenvalue weighted by atomic mass is 10.0. The smallest absolute Gasteiger partial charge is 0.222 e. The number of ketones is 1. The van der Waals surface area contributed by atoms with Gasteiger partial charge in [-0.1, -0.05) is 113 Å². The van der Waals surface area contributed by atoms with Crippen molar-refractivity contribution in [3.63, 3.8) is 0 Å². The lowest BCUT2D eigenvalue weighted by molar-refractivity contribution is -0.119. The average Bonchev–Trinajstić information content (AvgIpc) is 3.43. The Hall–Kier alpha value is -4.97. The zero-order chi connectivity index (χ0) is 34.6. The van der Waals surface area contributed by atoms with Gasteiger partial charge in [-0.2, -0.15) is 0 Å². The molecule has 0 saturated heterocycles. The van der Waals surface area contributed by atoms with Gasteiger partial charge in [0.25, 0.3) is 0 Å². The third-order valence-electron chi connectivity index (χ3n) is 8.46. The number of rotatable bonds is 19. The Morgan fingerprint density at radius 1 is 0.714 bits per heavy atom. The molecular formula is C43H49N3O3. The summed E-state index contributed by atoms with van der Waals surface area (Å²) in [6, 6.07) is 27.0. The lowest BCUT2D eigenvalue weighted by Gasteiger charge is -2.12. The Labute approximate surface area is 291 Å². The lowest BCUT2D eigenvalue weighted by Crippen LogP contribution is -2.09. The number of ether oxygens (including phenoxy) is 2. The average molecular weight is 656 g/mol. The second-order valence-corrected chi connectivity index (χ2v) is 12.8. The number of hydrogen-bond acceptors (Lipinski definition) is 5. The number of fused-ring (bicyclic) bond motifs is 1. The van der Waals surface area contributed by atoms with Crippen molar-refractivity contribution in [2.24, 2.45) is 0 Å². The van der Waals surface area contributed by atoms with Crippen LogP contribution in [0.3, 0.4) is 0 Å². The van der Waals surface area contributed by atoms with Gasteiger partial charge in [0.2, 0.25) is 5.88 Å². The Morgan fingerprint density at radius 3 is 2.06 bits per heavy atom. The molecule has 3 aromatic carbocycles. The predicted octanol–water partition coefficient (Wildman–Crippen LogP) is 10.3. The van der Waals surface area contributed by atoms with Crippen molar-refractivity contribution in [2.75, 3.05) is 6.61 Å². The van der Waals surface area contributed by atoms with Crippen LogP contribution in [-0.4, -0.2) is 26.8 Å². The molecule has 49 heavy (non-hydrogen) atoms.